The summed E-state index contributed by atoms with van der Waals surface area (Å²) in [6.07, 6.45) is -1.84. The molecule has 0 bridgehead atoms. The van der Waals surface area contributed by atoms with E-state index < -0.39 is 17.6 Å². The van der Waals surface area contributed by atoms with E-state index in [0.29, 0.717) is 5.82 Å². The standard InChI is InChI=1S/C20H17F3N4O/c1-12-6-7-16(13(2)8-12)27-18-11-24-17(10-25-18)19(28)26-15-5-3-4-14(9-15)20(21,22)23/h3-11H,1-2H3,(H,25,27)(H,26,28). The number of rotatable bonds is 4. The molecule has 0 spiro atoms. The molecule has 0 unspecified atom stereocenters. The van der Waals surface area contributed by atoms with Crippen molar-refractivity contribution in [2.24, 2.45) is 0 Å². The first kappa shape index (κ1) is 19.3. The number of carbonyl (C=O) groups is 1. The molecule has 5 nitrogen and oxygen atoms in total. The van der Waals surface area contributed by atoms with Crippen LogP contribution in [0.2, 0.25) is 0 Å². The number of alkyl halides is 3. The number of aryl methyl sites for hydroxylation is 2. The van der Waals surface area contributed by atoms with Crippen LogP contribution >= 0.6 is 0 Å². The van der Waals surface area contributed by atoms with Gasteiger partial charge < -0.3 is 10.6 Å². The fraction of sp³-hybridized carbons (Fsp3) is 0.150. The Morgan fingerprint density at radius 3 is 2.43 bits per heavy atom. The maximum Gasteiger partial charge on any atom is 0.416 e. The molecule has 0 radical (unpaired) electrons. The SMILES string of the molecule is Cc1ccc(Nc2cnc(C(=O)Nc3cccc(C(F)(F)F)c3)cn2)c(C)c1. The van der Waals surface area contributed by atoms with Gasteiger partial charge in [-0.3, -0.25) is 4.79 Å². The number of amides is 1. The van der Waals surface area contributed by atoms with Crippen molar-refractivity contribution in [3.63, 3.8) is 0 Å². The highest BCUT2D eigenvalue weighted by Gasteiger charge is 2.30. The Balaban J connectivity index is 1.70. The van der Waals surface area contributed by atoms with Gasteiger partial charge in [-0.15, -0.1) is 0 Å². The predicted molar refractivity (Wildman–Crippen MR) is 101 cm³/mol. The van der Waals surface area contributed by atoms with Gasteiger partial charge in [0.2, 0.25) is 0 Å². The lowest BCUT2D eigenvalue weighted by molar-refractivity contribution is -0.137. The maximum atomic E-state index is 12.8. The van der Waals surface area contributed by atoms with E-state index in [9.17, 15) is 18.0 Å². The van der Waals surface area contributed by atoms with Gasteiger partial charge in [0.05, 0.1) is 18.0 Å². The summed E-state index contributed by atoms with van der Waals surface area (Å²) in [4.78, 5) is 20.4. The van der Waals surface area contributed by atoms with Crippen molar-refractivity contribution in [2.75, 3.05) is 10.6 Å². The van der Waals surface area contributed by atoms with Gasteiger partial charge in [-0.1, -0.05) is 23.8 Å². The summed E-state index contributed by atoms with van der Waals surface area (Å²) in [5, 5.41) is 5.50. The average Bonchev–Trinajstić information content (AvgIpc) is 2.64. The van der Waals surface area contributed by atoms with Crippen molar-refractivity contribution < 1.29 is 18.0 Å². The molecular formula is C20H17F3N4O. The molecule has 144 valence electrons. The molecule has 0 aliphatic heterocycles. The van der Waals surface area contributed by atoms with Crippen molar-refractivity contribution in [3.8, 4) is 0 Å². The number of nitrogens with one attached hydrogen (secondary N) is 2. The van der Waals surface area contributed by atoms with Gasteiger partial charge in [-0.2, -0.15) is 13.2 Å². The zero-order valence-electron chi connectivity index (χ0n) is 15.1. The van der Waals surface area contributed by atoms with Gasteiger partial charge in [0.25, 0.3) is 5.91 Å². The van der Waals surface area contributed by atoms with E-state index in [4.69, 9.17) is 0 Å². The molecule has 1 heterocycles. The fourth-order valence-electron chi connectivity index (χ4n) is 2.57. The zero-order chi connectivity index (χ0) is 20.3. The Bertz CT molecular complexity index is 1000. The van der Waals surface area contributed by atoms with E-state index >= 15 is 0 Å². The summed E-state index contributed by atoms with van der Waals surface area (Å²) < 4.78 is 38.3. The van der Waals surface area contributed by atoms with Gasteiger partial charge in [-0.05, 0) is 43.7 Å². The molecule has 8 heteroatoms. The maximum absolute atomic E-state index is 12.8. The van der Waals surface area contributed by atoms with Gasteiger partial charge >= 0.3 is 6.18 Å². The van der Waals surface area contributed by atoms with Crippen LogP contribution in [0.3, 0.4) is 0 Å². The van der Waals surface area contributed by atoms with E-state index in [0.717, 1.165) is 28.9 Å². The number of halogens is 3. The van der Waals surface area contributed by atoms with Crippen LogP contribution in [-0.4, -0.2) is 15.9 Å². The molecule has 0 atom stereocenters. The van der Waals surface area contributed by atoms with E-state index in [1.54, 1.807) is 0 Å². The summed E-state index contributed by atoms with van der Waals surface area (Å²) in [6.45, 7) is 3.95. The molecule has 0 saturated carbocycles. The number of anilines is 3. The van der Waals surface area contributed by atoms with Crippen molar-refractivity contribution in [1.29, 1.82) is 0 Å². The fourth-order valence-corrected chi connectivity index (χ4v) is 2.57. The number of aromatic nitrogens is 2. The zero-order valence-corrected chi connectivity index (χ0v) is 15.1. The third-order valence-electron chi connectivity index (χ3n) is 3.98. The van der Waals surface area contributed by atoms with Crippen molar-refractivity contribution in [2.45, 2.75) is 20.0 Å². The minimum absolute atomic E-state index is 0.0106. The molecule has 1 aromatic heterocycles. The van der Waals surface area contributed by atoms with E-state index in [2.05, 4.69) is 20.6 Å². The molecule has 28 heavy (non-hydrogen) atoms. The Hall–Kier alpha value is -3.42. The first-order chi connectivity index (χ1) is 13.2. The van der Waals surface area contributed by atoms with Gasteiger partial charge in [0.1, 0.15) is 11.5 Å². The number of benzene rings is 2. The molecule has 0 saturated heterocycles. The number of hydrogen-bond donors (Lipinski definition) is 2. The second-order valence-electron chi connectivity index (χ2n) is 6.26. The van der Waals surface area contributed by atoms with Crippen LogP contribution < -0.4 is 10.6 Å². The van der Waals surface area contributed by atoms with Crippen LogP contribution in [0.5, 0.6) is 0 Å². The van der Waals surface area contributed by atoms with Crippen molar-refractivity contribution in [3.05, 3.63) is 77.2 Å². The Morgan fingerprint density at radius 1 is 1.00 bits per heavy atom. The largest absolute Gasteiger partial charge is 0.416 e. The normalized spacial score (nSPS) is 11.2. The summed E-state index contributed by atoms with van der Waals surface area (Å²) in [6, 6.07) is 10.3. The van der Waals surface area contributed by atoms with Crippen LogP contribution in [0.4, 0.5) is 30.4 Å². The molecule has 2 N–H and O–H groups in total. The van der Waals surface area contributed by atoms with E-state index in [1.807, 2.05) is 32.0 Å². The second kappa shape index (κ2) is 7.67. The number of carbonyl (C=O) groups excluding carboxylic acids is 1. The highest BCUT2D eigenvalue weighted by molar-refractivity contribution is 6.02. The van der Waals surface area contributed by atoms with Crippen LogP contribution in [0, 0.1) is 13.8 Å². The molecule has 0 aliphatic rings. The topological polar surface area (TPSA) is 66.9 Å². The molecule has 3 aromatic rings. The molecule has 2 aromatic carbocycles. The third-order valence-corrected chi connectivity index (χ3v) is 3.98. The third kappa shape index (κ3) is 4.64. The predicted octanol–water partition coefficient (Wildman–Crippen LogP) is 5.11. The molecule has 0 fully saturated rings. The Morgan fingerprint density at radius 2 is 1.79 bits per heavy atom. The van der Waals surface area contributed by atoms with Crippen molar-refractivity contribution in [1.82, 2.24) is 9.97 Å². The smallest absolute Gasteiger partial charge is 0.339 e. The molecule has 1 amide bonds. The van der Waals surface area contributed by atoms with Gasteiger partial charge in [0.15, 0.2) is 0 Å². The lowest BCUT2D eigenvalue weighted by Crippen LogP contribution is -2.15. The van der Waals surface area contributed by atoms with Gasteiger partial charge in [0, 0.05) is 11.4 Å². The lowest BCUT2D eigenvalue weighted by atomic mass is 10.1. The number of nitrogens with zero attached hydrogens (tertiary/aromatic N) is 2. The summed E-state index contributed by atoms with van der Waals surface area (Å²) in [5.41, 5.74) is 2.21. The highest BCUT2D eigenvalue weighted by atomic mass is 19.4. The van der Waals surface area contributed by atoms with Gasteiger partial charge in [-0.25, -0.2) is 9.97 Å². The first-order valence-corrected chi connectivity index (χ1v) is 8.37. The summed E-state index contributed by atoms with van der Waals surface area (Å²) in [5.74, 6) is -0.201. The first-order valence-electron chi connectivity index (χ1n) is 8.37. The van der Waals surface area contributed by atoms with Crippen molar-refractivity contribution >= 4 is 23.1 Å². The molecular weight excluding hydrogens is 369 g/mol. The minimum atomic E-state index is -4.48. The van der Waals surface area contributed by atoms with E-state index in [-0.39, 0.29) is 11.4 Å². The monoisotopic (exact) mass is 386 g/mol. The van der Waals surface area contributed by atoms with E-state index in [1.165, 1.54) is 24.5 Å². The Kier molecular flexibility index (Phi) is 5.30. The number of hydrogen-bond acceptors (Lipinski definition) is 4. The molecule has 3 rings (SSSR count). The Labute approximate surface area is 159 Å². The van der Waals surface area contributed by atoms with Crippen LogP contribution in [0.15, 0.2) is 54.9 Å². The van der Waals surface area contributed by atoms with Crippen LogP contribution in [0.1, 0.15) is 27.2 Å². The molecule has 0 aliphatic carbocycles. The quantitative estimate of drug-likeness (QED) is 0.654. The highest BCUT2D eigenvalue weighted by Crippen LogP contribution is 2.30. The minimum Gasteiger partial charge on any atom is -0.339 e. The average molecular weight is 386 g/mol. The van der Waals surface area contributed by atoms with Crippen LogP contribution in [0.25, 0.3) is 0 Å². The van der Waals surface area contributed by atoms with Crippen LogP contribution in [-0.2, 0) is 6.18 Å². The summed E-state index contributed by atoms with van der Waals surface area (Å²) in [7, 11) is 0. The lowest BCUT2D eigenvalue weighted by Gasteiger charge is -2.11. The second-order valence-corrected chi connectivity index (χ2v) is 6.26. The summed E-state index contributed by atoms with van der Waals surface area (Å²) >= 11 is 0.